The van der Waals surface area contributed by atoms with Crippen LogP contribution >= 0.6 is 0 Å². The predicted molar refractivity (Wildman–Crippen MR) is 105 cm³/mol. The van der Waals surface area contributed by atoms with E-state index in [0.717, 1.165) is 47.0 Å². The van der Waals surface area contributed by atoms with Crippen LogP contribution in [0.25, 0.3) is 22.4 Å². The van der Waals surface area contributed by atoms with Gasteiger partial charge in [0, 0.05) is 18.3 Å². The fourth-order valence-electron chi connectivity index (χ4n) is 2.94. The van der Waals surface area contributed by atoms with Crippen molar-refractivity contribution in [2.45, 2.75) is 6.42 Å². The highest BCUT2D eigenvalue weighted by molar-refractivity contribution is 5.88. The van der Waals surface area contributed by atoms with E-state index in [-0.39, 0.29) is 0 Å². The average molecular weight is 344 g/mol. The number of nitrogens with one attached hydrogen (secondary N) is 2. The molecule has 2 aromatic carbocycles. The van der Waals surface area contributed by atoms with Gasteiger partial charge in [0.1, 0.15) is 17.1 Å². The van der Waals surface area contributed by atoms with Crippen molar-refractivity contribution >= 4 is 16.9 Å². The molecule has 0 amide bonds. The Bertz CT molecular complexity index is 1010. The second kappa shape index (κ2) is 7.27. The van der Waals surface area contributed by atoms with Gasteiger partial charge in [0.25, 0.3) is 0 Å². The van der Waals surface area contributed by atoms with Crippen molar-refractivity contribution < 1.29 is 4.74 Å². The molecule has 0 bridgehead atoms. The number of methoxy groups -OCH3 is 1. The summed E-state index contributed by atoms with van der Waals surface area (Å²) in [5.41, 5.74) is 4.08. The highest BCUT2D eigenvalue weighted by Crippen LogP contribution is 2.26. The van der Waals surface area contributed by atoms with Gasteiger partial charge >= 0.3 is 0 Å². The molecular formula is C21H20N4O. The van der Waals surface area contributed by atoms with E-state index in [0.29, 0.717) is 0 Å². The Morgan fingerprint density at radius 2 is 1.92 bits per heavy atom. The molecule has 2 heterocycles. The van der Waals surface area contributed by atoms with Crippen LogP contribution in [0.2, 0.25) is 0 Å². The Kier molecular flexibility index (Phi) is 4.51. The minimum Gasteiger partial charge on any atom is -0.497 e. The average Bonchev–Trinajstić information content (AvgIpc) is 3.14. The van der Waals surface area contributed by atoms with E-state index >= 15 is 0 Å². The quantitative estimate of drug-likeness (QED) is 0.548. The van der Waals surface area contributed by atoms with Gasteiger partial charge < -0.3 is 15.0 Å². The lowest BCUT2D eigenvalue weighted by Crippen LogP contribution is -2.06. The fourth-order valence-corrected chi connectivity index (χ4v) is 2.94. The zero-order chi connectivity index (χ0) is 17.8. The summed E-state index contributed by atoms with van der Waals surface area (Å²) in [6, 6.07) is 20.2. The van der Waals surface area contributed by atoms with Crippen LogP contribution in [0.15, 0.2) is 66.9 Å². The number of rotatable bonds is 6. The van der Waals surface area contributed by atoms with Crippen molar-refractivity contribution in [3.63, 3.8) is 0 Å². The number of nitrogens with zero attached hydrogens (tertiary/aromatic N) is 2. The summed E-state index contributed by atoms with van der Waals surface area (Å²) in [7, 11) is 1.66. The summed E-state index contributed by atoms with van der Waals surface area (Å²) in [6.07, 6.45) is 2.73. The first-order chi connectivity index (χ1) is 12.8. The van der Waals surface area contributed by atoms with Crippen LogP contribution in [0.4, 0.5) is 5.82 Å². The predicted octanol–water partition coefficient (Wildman–Crippen LogP) is 4.29. The molecule has 0 unspecified atom stereocenters. The summed E-state index contributed by atoms with van der Waals surface area (Å²) in [5, 5.41) is 3.41. The molecule has 26 heavy (non-hydrogen) atoms. The number of imidazole rings is 1. The Morgan fingerprint density at radius 1 is 1.04 bits per heavy atom. The van der Waals surface area contributed by atoms with Crippen molar-refractivity contribution in [3.8, 4) is 17.1 Å². The fraction of sp³-hybridized carbons (Fsp3) is 0.143. The molecule has 0 fully saturated rings. The van der Waals surface area contributed by atoms with Crippen molar-refractivity contribution in [2.75, 3.05) is 19.0 Å². The molecule has 0 radical (unpaired) electrons. The molecule has 0 aliphatic heterocycles. The highest BCUT2D eigenvalue weighted by Gasteiger charge is 2.10. The van der Waals surface area contributed by atoms with E-state index in [1.54, 1.807) is 13.3 Å². The van der Waals surface area contributed by atoms with E-state index < -0.39 is 0 Å². The second-order valence-corrected chi connectivity index (χ2v) is 6.04. The lowest BCUT2D eigenvalue weighted by molar-refractivity contribution is 0.415. The van der Waals surface area contributed by atoms with Gasteiger partial charge in [-0.1, -0.05) is 42.5 Å². The van der Waals surface area contributed by atoms with Crippen LogP contribution in [0, 0.1) is 0 Å². The monoisotopic (exact) mass is 344 g/mol. The topological polar surface area (TPSA) is 62.8 Å². The van der Waals surface area contributed by atoms with Gasteiger partial charge in [-0.3, -0.25) is 0 Å². The molecule has 4 aromatic rings. The second-order valence-electron chi connectivity index (χ2n) is 6.04. The van der Waals surface area contributed by atoms with E-state index in [9.17, 15) is 0 Å². The molecule has 130 valence electrons. The molecule has 5 heteroatoms. The molecule has 5 nitrogen and oxygen atoms in total. The zero-order valence-electron chi connectivity index (χ0n) is 14.6. The standard InChI is InChI=1S/C21H20N4O/c1-26-17-9-5-8-16(14-17)20-24-18-11-13-23-21(19(18)25-20)22-12-10-15-6-3-2-4-7-15/h2-9,11,13-14H,10,12H2,1H3,(H,22,23)(H,24,25). The highest BCUT2D eigenvalue weighted by atomic mass is 16.5. The summed E-state index contributed by atoms with van der Waals surface area (Å²) < 4.78 is 5.30. The molecule has 0 atom stereocenters. The molecular weight excluding hydrogens is 324 g/mol. The van der Waals surface area contributed by atoms with Gasteiger partial charge in [-0.05, 0) is 30.2 Å². The first-order valence-corrected chi connectivity index (χ1v) is 8.60. The number of aromatic nitrogens is 3. The van der Waals surface area contributed by atoms with Gasteiger partial charge in [0.15, 0.2) is 5.82 Å². The Labute approximate surface area is 152 Å². The number of pyridine rings is 1. The normalized spacial score (nSPS) is 10.8. The minimum atomic E-state index is 0.795. The molecule has 0 aliphatic rings. The summed E-state index contributed by atoms with van der Waals surface area (Å²) in [4.78, 5) is 12.6. The van der Waals surface area contributed by atoms with Crippen molar-refractivity contribution in [2.24, 2.45) is 0 Å². The molecule has 4 rings (SSSR count). The number of H-pyrrole nitrogens is 1. The number of ether oxygens (including phenoxy) is 1. The number of hydrogen-bond donors (Lipinski definition) is 2. The molecule has 2 N–H and O–H groups in total. The van der Waals surface area contributed by atoms with E-state index in [4.69, 9.17) is 9.72 Å². The number of anilines is 1. The van der Waals surface area contributed by atoms with Gasteiger partial charge in [0.05, 0.1) is 12.6 Å². The van der Waals surface area contributed by atoms with Crippen LogP contribution in [0.5, 0.6) is 5.75 Å². The first kappa shape index (κ1) is 16.1. The minimum absolute atomic E-state index is 0.795. The molecule has 0 aliphatic carbocycles. The van der Waals surface area contributed by atoms with Gasteiger partial charge in [0.2, 0.25) is 0 Å². The van der Waals surface area contributed by atoms with E-state index in [1.165, 1.54) is 5.56 Å². The van der Waals surface area contributed by atoms with Crippen LogP contribution in [0.3, 0.4) is 0 Å². The van der Waals surface area contributed by atoms with Crippen molar-refractivity contribution in [1.29, 1.82) is 0 Å². The summed E-state index contributed by atoms with van der Waals surface area (Å²) in [6.45, 7) is 0.803. The van der Waals surface area contributed by atoms with Crippen molar-refractivity contribution in [1.82, 2.24) is 15.0 Å². The molecule has 2 aromatic heterocycles. The van der Waals surface area contributed by atoms with Gasteiger partial charge in [-0.25, -0.2) is 9.97 Å². The Balaban J connectivity index is 1.57. The van der Waals surface area contributed by atoms with Crippen LogP contribution < -0.4 is 10.1 Å². The largest absolute Gasteiger partial charge is 0.497 e. The van der Waals surface area contributed by atoms with Crippen LogP contribution in [-0.4, -0.2) is 28.6 Å². The molecule has 0 spiro atoms. The van der Waals surface area contributed by atoms with Gasteiger partial charge in [-0.15, -0.1) is 0 Å². The third kappa shape index (κ3) is 3.37. The number of aromatic amines is 1. The third-order valence-corrected chi connectivity index (χ3v) is 4.29. The summed E-state index contributed by atoms with van der Waals surface area (Å²) >= 11 is 0. The van der Waals surface area contributed by atoms with Crippen molar-refractivity contribution in [3.05, 3.63) is 72.4 Å². The maximum atomic E-state index is 5.30. The molecule has 0 saturated carbocycles. The zero-order valence-corrected chi connectivity index (χ0v) is 14.6. The summed E-state index contributed by atoms with van der Waals surface area (Å²) in [5.74, 6) is 2.41. The first-order valence-electron chi connectivity index (χ1n) is 8.60. The number of benzene rings is 2. The molecule has 0 saturated heterocycles. The van der Waals surface area contributed by atoms with Gasteiger partial charge in [-0.2, -0.15) is 0 Å². The Hall–Kier alpha value is -3.34. The van der Waals surface area contributed by atoms with E-state index in [1.807, 2.05) is 36.4 Å². The lowest BCUT2D eigenvalue weighted by Gasteiger charge is -2.06. The number of hydrogen-bond acceptors (Lipinski definition) is 4. The van der Waals surface area contributed by atoms with E-state index in [2.05, 4.69) is 39.6 Å². The lowest BCUT2D eigenvalue weighted by atomic mass is 10.1. The smallest absolute Gasteiger partial charge is 0.154 e. The van der Waals surface area contributed by atoms with Crippen LogP contribution in [0.1, 0.15) is 5.56 Å². The third-order valence-electron chi connectivity index (χ3n) is 4.29. The maximum absolute atomic E-state index is 5.30. The Morgan fingerprint density at radius 3 is 2.77 bits per heavy atom. The number of fused-ring (bicyclic) bond motifs is 1. The maximum Gasteiger partial charge on any atom is 0.154 e. The SMILES string of the molecule is COc1cccc(-c2nc3c(NCCc4ccccc4)nccc3[nH]2)c1. The van der Waals surface area contributed by atoms with Crippen LogP contribution in [-0.2, 0) is 6.42 Å².